The van der Waals surface area contributed by atoms with Crippen LogP contribution in [0.25, 0.3) is 0 Å². The summed E-state index contributed by atoms with van der Waals surface area (Å²) in [5.41, 5.74) is 1.12. The fraction of sp³-hybridized carbons (Fsp3) is 0.684. The molecule has 1 N–H and O–H groups in total. The van der Waals surface area contributed by atoms with E-state index in [2.05, 4.69) is 29.2 Å². The Hall–Kier alpha value is -1.82. The quantitative estimate of drug-likeness (QED) is 0.578. The molecule has 6 heteroatoms. The lowest BCUT2D eigenvalue weighted by Gasteiger charge is -2.24. The highest BCUT2D eigenvalue weighted by Crippen LogP contribution is 2.29. The summed E-state index contributed by atoms with van der Waals surface area (Å²) >= 11 is 0. The first-order valence-electron chi connectivity index (χ1n) is 9.39. The van der Waals surface area contributed by atoms with Gasteiger partial charge in [-0.2, -0.15) is 0 Å². The first-order chi connectivity index (χ1) is 12.2. The predicted octanol–water partition coefficient (Wildman–Crippen LogP) is 2.30. The molecule has 1 saturated carbocycles. The minimum atomic E-state index is 0.595. The summed E-state index contributed by atoms with van der Waals surface area (Å²) in [6.07, 6.45) is 5.51. The maximum Gasteiger partial charge on any atom is 0.213 e. The van der Waals surface area contributed by atoms with Crippen LogP contribution in [0, 0.1) is 11.8 Å². The van der Waals surface area contributed by atoms with Gasteiger partial charge in [0.25, 0.3) is 0 Å². The maximum atomic E-state index is 5.76. The Labute approximate surface area is 150 Å². The van der Waals surface area contributed by atoms with Crippen LogP contribution in [0.1, 0.15) is 31.7 Å². The fourth-order valence-corrected chi connectivity index (χ4v) is 2.95. The molecule has 2 fully saturated rings. The maximum absolute atomic E-state index is 5.76. The second kappa shape index (κ2) is 9.04. The summed E-state index contributed by atoms with van der Waals surface area (Å²) < 4.78 is 11.2. The van der Waals surface area contributed by atoms with Crippen LogP contribution in [-0.4, -0.2) is 55.8 Å². The van der Waals surface area contributed by atoms with E-state index in [9.17, 15) is 0 Å². The number of rotatable bonds is 8. The zero-order valence-corrected chi connectivity index (χ0v) is 15.4. The number of hydrogen-bond donors (Lipinski definition) is 1. The molecule has 1 saturated heterocycles. The molecular formula is C19H30N4O2. The van der Waals surface area contributed by atoms with E-state index in [4.69, 9.17) is 14.5 Å². The van der Waals surface area contributed by atoms with E-state index in [-0.39, 0.29) is 0 Å². The van der Waals surface area contributed by atoms with E-state index in [1.807, 2.05) is 12.1 Å². The summed E-state index contributed by atoms with van der Waals surface area (Å²) in [7, 11) is 2.09. The molecule has 2 aliphatic rings. The lowest BCUT2D eigenvalue weighted by atomic mass is 10.1. The number of ether oxygens (including phenoxy) is 2. The van der Waals surface area contributed by atoms with E-state index in [1.165, 1.54) is 12.8 Å². The minimum absolute atomic E-state index is 0.595. The van der Waals surface area contributed by atoms with Crippen LogP contribution < -0.4 is 10.1 Å². The van der Waals surface area contributed by atoms with Crippen molar-refractivity contribution < 1.29 is 9.47 Å². The van der Waals surface area contributed by atoms with Gasteiger partial charge < -0.3 is 19.7 Å². The Bertz CT molecular complexity index is 568. The molecule has 1 atom stereocenters. The van der Waals surface area contributed by atoms with Crippen molar-refractivity contribution in [2.75, 3.05) is 40.0 Å². The highest BCUT2D eigenvalue weighted by Gasteiger charge is 2.22. The topological polar surface area (TPSA) is 59.0 Å². The molecule has 1 unspecified atom stereocenters. The molecular weight excluding hydrogens is 316 g/mol. The van der Waals surface area contributed by atoms with Gasteiger partial charge in [0.05, 0.1) is 19.8 Å². The number of hydrogen-bond acceptors (Lipinski definition) is 4. The van der Waals surface area contributed by atoms with Crippen molar-refractivity contribution in [2.45, 2.75) is 32.7 Å². The molecule has 0 spiro atoms. The Balaban J connectivity index is 1.56. The van der Waals surface area contributed by atoms with Gasteiger partial charge in [-0.05, 0) is 43.7 Å². The van der Waals surface area contributed by atoms with Crippen LogP contribution in [0.2, 0.25) is 0 Å². The second-order valence-corrected chi connectivity index (χ2v) is 7.04. The lowest BCUT2D eigenvalue weighted by molar-refractivity contribution is 0.181. The highest BCUT2D eigenvalue weighted by molar-refractivity contribution is 5.79. The normalized spacial score (nSPS) is 20.6. The molecule has 0 bridgehead atoms. The van der Waals surface area contributed by atoms with E-state index < -0.39 is 0 Å². The number of aromatic nitrogens is 1. The van der Waals surface area contributed by atoms with E-state index in [0.29, 0.717) is 18.3 Å². The molecule has 3 rings (SSSR count). The lowest BCUT2D eigenvalue weighted by Crippen LogP contribution is -2.41. The Morgan fingerprint density at radius 1 is 1.40 bits per heavy atom. The van der Waals surface area contributed by atoms with Gasteiger partial charge in [0, 0.05) is 44.9 Å². The molecule has 1 aliphatic carbocycles. The largest absolute Gasteiger partial charge is 0.477 e. The van der Waals surface area contributed by atoms with Crippen molar-refractivity contribution in [2.24, 2.45) is 16.8 Å². The average molecular weight is 346 g/mol. The summed E-state index contributed by atoms with van der Waals surface area (Å²) in [4.78, 5) is 11.3. The van der Waals surface area contributed by atoms with Gasteiger partial charge in [-0.1, -0.05) is 0 Å². The summed E-state index contributed by atoms with van der Waals surface area (Å²) in [6.45, 7) is 7.07. The van der Waals surface area contributed by atoms with E-state index in [1.54, 1.807) is 6.20 Å². The van der Waals surface area contributed by atoms with Crippen LogP contribution in [-0.2, 0) is 11.3 Å². The van der Waals surface area contributed by atoms with Gasteiger partial charge in [-0.15, -0.1) is 0 Å². The van der Waals surface area contributed by atoms with Gasteiger partial charge in [-0.3, -0.25) is 0 Å². The zero-order valence-electron chi connectivity index (χ0n) is 15.4. The van der Waals surface area contributed by atoms with Gasteiger partial charge in [0.1, 0.15) is 0 Å². The average Bonchev–Trinajstić information content (AvgIpc) is 3.32. The minimum Gasteiger partial charge on any atom is -0.477 e. The van der Waals surface area contributed by atoms with Gasteiger partial charge >= 0.3 is 0 Å². The standard InChI is InChI=1S/C19H30N4O2/c1-3-20-19(23(2)12-17-7-9-24-13-17)22-11-16-6-8-21-18(10-16)25-14-15-4-5-15/h6,8,10,15,17H,3-5,7,9,11-14H2,1-2H3,(H,20,22). The van der Waals surface area contributed by atoms with Crippen molar-refractivity contribution >= 4 is 5.96 Å². The van der Waals surface area contributed by atoms with E-state index in [0.717, 1.165) is 56.8 Å². The number of nitrogens with one attached hydrogen (secondary N) is 1. The molecule has 6 nitrogen and oxygen atoms in total. The van der Waals surface area contributed by atoms with Crippen LogP contribution in [0.5, 0.6) is 5.88 Å². The molecule has 1 aromatic rings. The first-order valence-corrected chi connectivity index (χ1v) is 9.39. The molecule has 0 radical (unpaired) electrons. The number of guanidine groups is 1. The molecule has 1 aliphatic heterocycles. The Morgan fingerprint density at radius 2 is 2.28 bits per heavy atom. The number of nitrogens with zero attached hydrogens (tertiary/aromatic N) is 3. The number of aliphatic imine (C=N–C) groups is 1. The van der Waals surface area contributed by atoms with Crippen LogP contribution in [0.4, 0.5) is 0 Å². The summed E-state index contributed by atoms with van der Waals surface area (Å²) in [5, 5.41) is 3.38. The van der Waals surface area contributed by atoms with Crippen molar-refractivity contribution in [3.05, 3.63) is 23.9 Å². The van der Waals surface area contributed by atoms with Gasteiger partial charge in [0.2, 0.25) is 5.88 Å². The third kappa shape index (κ3) is 5.88. The molecule has 0 aromatic carbocycles. The van der Waals surface area contributed by atoms with Crippen molar-refractivity contribution in [1.29, 1.82) is 0 Å². The Morgan fingerprint density at radius 3 is 3.00 bits per heavy atom. The fourth-order valence-electron chi connectivity index (χ4n) is 2.95. The number of pyridine rings is 1. The van der Waals surface area contributed by atoms with Crippen LogP contribution in [0.3, 0.4) is 0 Å². The van der Waals surface area contributed by atoms with Crippen molar-refractivity contribution in [1.82, 2.24) is 15.2 Å². The summed E-state index contributed by atoms with van der Waals surface area (Å²) in [5.74, 6) is 2.97. The third-order valence-corrected chi connectivity index (χ3v) is 4.63. The SMILES string of the molecule is CCNC(=NCc1ccnc(OCC2CC2)c1)N(C)CC1CCOC1. The van der Waals surface area contributed by atoms with Gasteiger partial charge in [0.15, 0.2) is 5.96 Å². The molecule has 25 heavy (non-hydrogen) atoms. The predicted molar refractivity (Wildman–Crippen MR) is 98.8 cm³/mol. The molecule has 138 valence electrons. The monoisotopic (exact) mass is 346 g/mol. The smallest absolute Gasteiger partial charge is 0.213 e. The molecule has 1 aromatic heterocycles. The third-order valence-electron chi connectivity index (χ3n) is 4.63. The zero-order chi connectivity index (χ0) is 17.5. The first kappa shape index (κ1) is 18.0. The molecule has 2 heterocycles. The van der Waals surface area contributed by atoms with Crippen LogP contribution >= 0.6 is 0 Å². The Kier molecular flexibility index (Phi) is 6.50. The second-order valence-electron chi connectivity index (χ2n) is 7.04. The summed E-state index contributed by atoms with van der Waals surface area (Å²) in [6, 6.07) is 4.00. The molecule has 0 amide bonds. The van der Waals surface area contributed by atoms with Crippen molar-refractivity contribution in [3.63, 3.8) is 0 Å². The van der Waals surface area contributed by atoms with Gasteiger partial charge in [-0.25, -0.2) is 9.98 Å². The van der Waals surface area contributed by atoms with Crippen molar-refractivity contribution in [3.8, 4) is 5.88 Å². The highest BCUT2D eigenvalue weighted by atomic mass is 16.5. The van der Waals surface area contributed by atoms with Crippen LogP contribution in [0.15, 0.2) is 23.3 Å². The van der Waals surface area contributed by atoms with E-state index >= 15 is 0 Å².